The van der Waals surface area contributed by atoms with Gasteiger partial charge in [-0.2, -0.15) is 11.3 Å². The monoisotopic (exact) mass is 386 g/mol. The van der Waals surface area contributed by atoms with Crippen LogP contribution in [0.3, 0.4) is 0 Å². The lowest BCUT2D eigenvalue weighted by Crippen LogP contribution is -2.31. The van der Waals surface area contributed by atoms with Crippen LogP contribution in [0.25, 0.3) is 10.6 Å². The van der Waals surface area contributed by atoms with Crippen LogP contribution in [0.5, 0.6) is 0 Å². The molecule has 0 spiro atoms. The Kier molecular flexibility index (Phi) is 6.14. The average molecular weight is 386 g/mol. The summed E-state index contributed by atoms with van der Waals surface area (Å²) in [6.45, 7) is 1.59. The summed E-state index contributed by atoms with van der Waals surface area (Å²) in [6, 6.07) is 11.5. The standard InChI is InChI=1S/C19H18N2O3S2/c1-13(14-5-3-2-4-6-14)20-17(22)10-24-18(23)9-16-12-26-19(21-16)15-7-8-25-11-15/h2-8,11-13H,9-10H2,1H3,(H,20,22)/t13-/m1/s1. The number of hydrogen-bond acceptors (Lipinski definition) is 6. The van der Waals surface area contributed by atoms with Crippen LogP contribution < -0.4 is 5.32 Å². The molecule has 1 atom stereocenters. The van der Waals surface area contributed by atoms with E-state index in [1.165, 1.54) is 11.3 Å². The first kappa shape index (κ1) is 18.3. The van der Waals surface area contributed by atoms with Crippen molar-refractivity contribution >= 4 is 34.6 Å². The van der Waals surface area contributed by atoms with Gasteiger partial charge in [-0.05, 0) is 23.9 Å². The summed E-state index contributed by atoms with van der Waals surface area (Å²) in [7, 11) is 0. The van der Waals surface area contributed by atoms with Gasteiger partial charge in [-0.25, -0.2) is 4.98 Å². The minimum Gasteiger partial charge on any atom is -0.455 e. The van der Waals surface area contributed by atoms with E-state index in [4.69, 9.17) is 4.74 Å². The number of ether oxygens (including phenoxy) is 1. The summed E-state index contributed by atoms with van der Waals surface area (Å²) in [6.07, 6.45) is 0.0577. The van der Waals surface area contributed by atoms with Crippen molar-refractivity contribution < 1.29 is 14.3 Å². The van der Waals surface area contributed by atoms with Crippen LogP contribution in [-0.2, 0) is 20.7 Å². The SMILES string of the molecule is C[C@@H](NC(=O)COC(=O)Cc1csc(-c2ccsc2)n1)c1ccccc1. The number of nitrogens with zero attached hydrogens (tertiary/aromatic N) is 1. The number of thiophene rings is 1. The Bertz CT molecular complexity index is 860. The first-order chi connectivity index (χ1) is 12.6. The van der Waals surface area contributed by atoms with E-state index in [1.807, 2.05) is 59.5 Å². The van der Waals surface area contributed by atoms with Gasteiger partial charge in [-0.1, -0.05) is 30.3 Å². The molecule has 0 aliphatic heterocycles. The largest absolute Gasteiger partial charge is 0.455 e. The molecular formula is C19H18N2O3S2. The number of thiazole rings is 1. The molecule has 1 amide bonds. The predicted molar refractivity (Wildman–Crippen MR) is 103 cm³/mol. The van der Waals surface area contributed by atoms with E-state index >= 15 is 0 Å². The van der Waals surface area contributed by atoms with Crippen LogP contribution in [0.4, 0.5) is 0 Å². The number of nitrogens with one attached hydrogen (secondary N) is 1. The molecule has 0 fully saturated rings. The van der Waals surface area contributed by atoms with Crippen LogP contribution in [0.15, 0.2) is 52.5 Å². The van der Waals surface area contributed by atoms with Gasteiger partial charge >= 0.3 is 5.97 Å². The third-order valence-electron chi connectivity index (χ3n) is 3.69. The van der Waals surface area contributed by atoms with Crippen LogP contribution in [0, 0.1) is 0 Å². The summed E-state index contributed by atoms with van der Waals surface area (Å²) in [5.74, 6) is -0.790. The van der Waals surface area contributed by atoms with Crippen molar-refractivity contribution in [2.24, 2.45) is 0 Å². The molecule has 2 aromatic heterocycles. The van der Waals surface area contributed by atoms with E-state index in [2.05, 4.69) is 10.3 Å². The smallest absolute Gasteiger partial charge is 0.312 e. The lowest BCUT2D eigenvalue weighted by Gasteiger charge is -2.14. The van der Waals surface area contributed by atoms with Gasteiger partial charge in [0.25, 0.3) is 5.91 Å². The summed E-state index contributed by atoms with van der Waals surface area (Å²) >= 11 is 3.09. The van der Waals surface area contributed by atoms with Gasteiger partial charge < -0.3 is 10.1 Å². The number of carbonyl (C=O) groups is 2. The molecule has 5 nitrogen and oxygen atoms in total. The summed E-state index contributed by atoms with van der Waals surface area (Å²) in [4.78, 5) is 28.3. The zero-order valence-electron chi connectivity index (χ0n) is 14.2. The molecule has 0 aliphatic carbocycles. The van der Waals surface area contributed by atoms with E-state index in [-0.39, 0.29) is 25.0 Å². The highest BCUT2D eigenvalue weighted by molar-refractivity contribution is 7.14. The van der Waals surface area contributed by atoms with Gasteiger partial charge in [0.05, 0.1) is 18.2 Å². The van der Waals surface area contributed by atoms with Gasteiger partial charge in [0.15, 0.2) is 6.61 Å². The molecule has 0 saturated heterocycles. The molecule has 3 aromatic rings. The minimum absolute atomic E-state index is 0.0577. The van der Waals surface area contributed by atoms with Crippen LogP contribution in [0.1, 0.15) is 24.2 Å². The fourth-order valence-corrected chi connectivity index (χ4v) is 3.89. The van der Waals surface area contributed by atoms with E-state index in [9.17, 15) is 9.59 Å². The lowest BCUT2D eigenvalue weighted by molar-refractivity contribution is -0.148. The normalized spacial score (nSPS) is 11.7. The molecule has 1 N–H and O–H groups in total. The molecule has 134 valence electrons. The van der Waals surface area contributed by atoms with Gasteiger partial charge in [0.2, 0.25) is 0 Å². The highest BCUT2D eigenvalue weighted by Crippen LogP contribution is 2.25. The second-order valence-electron chi connectivity index (χ2n) is 5.69. The van der Waals surface area contributed by atoms with Crippen molar-refractivity contribution in [3.63, 3.8) is 0 Å². The molecule has 3 rings (SSSR count). The Labute approximate surface area is 159 Å². The molecule has 0 aliphatic rings. The van der Waals surface area contributed by atoms with Crippen molar-refractivity contribution in [3.05, 3.63) is 63.8 Å². The fourth-order valence-electron chi connectivity index (χ4n) is 2.36. The van der Waals surface area contributed by atoms with E-state index < -0.39 is 5.97 Å². The van der Waals surface area contributed by atoms with E-state index in [1.54, 1.807) is 11.3 Å². The summed E-state index contributed by atoms with van der Waals surface area (Å²) < 4.78 is 5.06. The Balaban J connectivity index is 1.44. The quantitative estimate of drug-likeness (QED) is 0.627. The van der Waals surface area contributed by atoms with Crippen molar-refractivity contribution in [1.82, 2.24) is 10.3 Å². The Morgan fingerprint density at radius 3 is 2.73 bits per heavy atom. The fraction of sp³-hybridized carbons (Fsp3) is 0.211. The maximum absolute atomic E-state index is 11.9. The molecule has 1 aromatic carbocycles. The Morgan fingerprint density at radius 2 is 2.00 bits per heavy atom. The Morgan fingerprint density at radius 1 is 1.19 bits per heavy atom. The average Bonchev–Trinajstić information content (AvgIpc) is 3.32. The van der Waals surface area contributed by atoms with E-state index in [0.29, 0.717) is 5.69 Å². The highest BCUT2D eigenvalue weighted by Gasteiger charge is 2.14. The maximum atomic E-state index is 11.9. The van der Waals surface area contributed by atoms with Crippen molar-refractivity contribution in [3.8, 4) is 10.6 Å². The lowest BCUT2D eigenvalue weighted by atomic mass is 10.1. The van der Waals surface area contributed by atoms with Crippen molar-refractivity contribution in [2.45, 2.75) is 19.4 Å². The molecule has 0 saturated carbocycles. The molecule has 0 radical (unpaired) electrons. The van der Waals surface area contributed by atoms with Crippen molar-refractivity contribution in [1.29, 1.82) is 0 Å². The van der Waals surface area contributed by atoms with E-state index in [0.717, 1.165) is 16.1 Å². The van der Waals surface area contributed by atoms with Gasteiger partial charge in [0.1, 0.15) is 5.01 Å². The molecule has 26 heavy (non-hydrogen) atoms. The number of aromatic nitrogens is 1. The third-order valence-corrected chi connectivity index (χ3v) is 5.31. The second kappa shape index (κ2) is 8.73. The number of rotatable bonds is 7. The molecule has 2 heterocycles. The Hall–Kier alpha value is -2.51. The number of hydrogen-bond donors (Lipinski definition) is 1. The number of carbonyl (C=O) groups excluding carboxylic acids is 2. The summed E-state index contributed by atoms with van der Waals surface area (Å²) in [5.41, 5.74) is 2.70. The number of esters is 1. The van der Waals surface area contributed by atoms with Gasteiger partial charge in [-0.3, -0.25) is 9.59 Å². The maximum Gasteiger partial charge on any atom is 0.312 e. The minimum atomic E-state index is -0.463. The number of amides is 1. The highest BCUT2D eigenvalue weighted by atomic mass is 32.1. The topological polar surface area (TPSA) is 68.3 Å². The number of benzene rings is 1. The van der Waals surface area contributed by atoms with Crippen LogP contribution >= 0.6 is 22.7 Å². The molecular weight excluding hydrogens is 368 g/mol. The zero-order valence-corrected chi connectivity index (χ0v) is 15.8. The molecule has 0 unspecified atom stereocenters. The van der Waals surface area contributed by atoms with Crippen LogP contribution in [0.2, 0.25) is 0 Å². The third kappa shape index (κ3) is 5.00. The van der Waals surface area contributed by atoms with Gasteiger partial charge in [-0.15, -0.1) is 11.3 Å². The van der Waals surface area contributed by atoms with Gasteiger partial charge in [0, 0.05) is 16.3 Å². The molecule has 7 heteroatoms. The zero-order chi connectivity index (χ0) is 18.4. The van der Waals surface area contributed by atoms with Crippen LogP contribution in [-0.4, -0.2) is 23.5 Å². The van der Waals surface area contributed by atoms with Crippen molar-refractivity contribution in [2.75, 3.05) is 6.61 Å². The second-order valence-corrected chi connectivity index (χ2v) is 7.33. The molecule has 0 bridgehead atoms. The predicted octanol–water partition coefficient (Wildman–Crippen LogP) is 3.83. The first-order valence-corrected chi connectivity index (χ1v) is 9.91. The summed E-state index contributed by atoms with van der Waals surface area (Å²) in [5, 5.41) is 9.53. The first-order valence-electron chi connectivity index (χ1n) is 8.08.